The fraction of sp³-hybridized carbons (Fsp3) is 0.706. The van der Waals surface area contributed by atoms with Gasteiger partial charge in [0.25, 0.3) is 0 Å². The molecule has 0 aliphatic carbocycles. The zero-order valence-corrected chi connectivity index (χ0v) is 14.7. The summed E-state index contributed by atoms with van der Waals surface area (Å²) in [6, 6.07) is 0. The van der Waals surface area contributed by atoms with Crippen LogP contribution in [0.15, 0.2) is 23.8 Å². The third-order valence-corrected chi connectivity index (χ3v) is 4.80. The van der Waals surface area contributed by atoms with Gasteiger partial charge >= 0.3 is 5.97 Å². The number of methoxy groups -OCH3 is 1. The third-order valence-electron chi connectivity index (χ3n) is 3.49. The van der Waals surface area contributed by atoms with Gasteiger partial charge in [0.05, 0.1) is 7.11 Å². The number of rotatable bonds is 9. The van der Waals surface area contributed by atoms with Gasteiger partial charge in [-0.15, -0.1) is 0 Å². The molecule has 0 saturated carbocycles. The van der Waals surface area contributed by atoms with Gasteiger partial charge in [0.15, 0.2) is 0 Å². The number of ether oxygens (including phenoxy) is 1. The standard InChI is InChI=1S/C17H30O2S/c1-14(11-8-12-17(3,4)20-6)9-7-10-15(2)13-16(18)19-5/h7,10,13-14H,8-9,11-12H2,1-6H3/b10-7+,15-13+. The van der Waals surface area contributed by atoms with Gasteiger partial charge in [-0.05, 0) is 37.5 Å². The minimum Gasteiger partial charge on any atom is -0.466 e. The summed E-state index contributed by atoms with van der Waals surface area (Å²) in [6.45, 7) is 8.82. The fourth-order valence-corrected chi connectivity index (χ4v) is 2.22. The molecule has 116 valence electrons. The lowest BCUT2D eigenvalue weighted by Gasteiger charge is -2.22. The second-order valence-electron chi connectivity index (χ2n) is 6.01. The molecule has 1 unspecified atom stereocenters. The molecule has 0 bridgehead atoms. The van der Waals surface area contributed by atoms with Crippen LogP contribution in [0.5, 0.6) is 0 Å². The summed E-state index contributed by atoms with van der Waals surface area (Å²) in [7, 11) is 1.40. The van der Waals surface area contributed by atoms with Gasteiger partial charge in [0, 0.05) is 10.8 Å². The predicted molar refractivity (Wildman–Crippen MR) is 90.1 cm³/mol. The van der Waals surface area contributed by atoms with Crippen molar-refractivity contribution in [2.24, 2.45) is 5.92 Å². The molecule has 0 spiro atoms. The Bertz CT molecular complexity index is 343. The van der Waals surface area contributed by atoms with Gasteiger partial charge in [-0.1, -0.05) is 45.8 Å². The normalized spacial score (nSPS) is 14.6. The molecule has 0 saturated heterocycles. The van der Waals surface area contributed by atoms with E-state index >= 15 is 0 Å². The van der Waals surface area contributed by atoms with E-state index in [9.17, 15) is 4.79 Å². The Balaban J connectivity index is 3.96. The molecule has 20 heavy (non-hydrogen) atoms. The molecule has 0 fully saturated rings. The molecule has 0 aliphatic heterocycles. The predicted octanol–water partition coefficient (Wildman–Crippen LogP) is 5.00. The minimum absolute atomic E-state index is 0.292. The Kier molecular flexibility index (Phi) is 9.74. The lowest BCUT2D eigenvalue weighted by molar-refractivity contribution is -0.134. The molecule has 0 amide bonds. The van der Waals surface area contributed by atoms with Crippen molar-refractivity contribution in [3.8, 4) is 0 Å². The van der Waals surface area contributed by atoms with Crippen molar-refractivity contribution in [1.29, 1.82) is 0 Å². The van der Waals surface area contributed by atoms with Gasteiger partial charge in [-0.2, -0.15) is 11.8 Å². The molecule has 0 rings (SSSR count). The molecule has 1 atom stereocenters. The number of carbonyl (C=O) groups excluding carboxylic acids is 1. The number of thioether (sulfide) groups is 1. The van der Waals surface area contributed by atoms with Crippen LogP contribution in [0.2, 0.25) is 0 Å². The second-order valence-corrected chi connectivity index (χ2v) is 7.52. The summed E-state index contributed by atoms with van der Waals surface area (Å²) in [4.78, 5) is 11.0. The second kappa shape index (κ2) is 10.1. The van der Waals surface area contributed by atoms with Gasteiger partial charge < -0.3 is 4.74 Å². The van der Waals surface area contributed by atoms with Crippen LogP contribution in [0.25, 0.3) is 0 Å². The van der Waals surface area contributed by atoms with E-state index in [1.54, 1.807) is 0 Å². The molecule has 0 aromatic carbocycles. The average molecular weight is 298 g/mol. The first kappa shape index (κ1) is 19.3. The third kappa shape index (κ3) is 10.1. The van der Waals surface area contributed by atoms with Crippen LogP contribution in [0.1, 0.15) is 53.4 Å². The number of hydrogen-bond donors (Lipinski definition) is 0. The Morgan fingerprint density at radius 2 is 2.05 bits per heavy atom. The number of allylic oxidation sites excluding steroid dienone is 3. The molecule has 0 aromatic heterocycles. The highest BCUT2D eigenvalue weighted by molar-refractivity contribution is 7.99. The number of carbonyl (C=O) groups is 1. The number of hydrogen-bond acceptors (Lipinski definition) is 3. The van der Waals surface area contributed by atoms with Crippen LogP contribution >= 0.6 is 11.8 Å². The molecule has 3 heteroatoms. The van der Waals surface area contributed by atoms with Gasteiger partial charge in [-0.25, -0.2) is 4.79 Å². The van der Waals surface area contributed by atoms with Crippen LogP contribution < -0.4 is 0 Å². The number of esters is 1. The van der Waals surface area contributed by atoms with Crippen LogP contribution in [0, 0.1) is 5.92 Å². The van der Waals surface area contributed by atoms with Crippen molar-refractivity contribution in [1.82, 2.24) is 0 Å². The Labute approximate surface area is 129 Å². The minimum atomic E-state index is -0.292. The molecule has 0 heterocycles. The van der Waals surface area contributed by atoms with Crippen molar-refractivity contribution in [3.63, 3.8) is 0 Å². The maximum Gasteiger partial charge on any atom is 0.330 e. The Morgan fingerprint density at radius 1 is 1.40 bits per heavy atom. The van der Waals surface area contributed by atoms with Crippen molar-refractivity contribution in [3.05, 3.63) is 23.8 Å². The first-order valence-electron chi connectivity index (χ1n) is 7.28. The summed E-state index contributed by atoms with van der Waals surface area (Å²) >= 11 is 1.94. The maximum atomic E-state index is 11.0. The van der Waals surface area contributed by atoms with Gasteiger partial charge in [0.1, 0.15) is 0 Å². The molecular weight excluding hydrogens is 268 g/mol. The van der Waals surface area contributed by atoms with Crippen LogP contribution in [0.4, 0.5) is 0 Å². The summed E-state index contributed by atoms with van der Waals surface area (Å²) < 4.78 is 4.99. The van der Waals surface area contributed by atoms with Gasteiger partial charge in [-0.3, -0.25) is 0 Å². The monoisotopic (exact) mass is 298 g/mol. The van der Waals surface area contributed by atoms with E-state index in [0.717, 1.165) is 12.0 Å². The maximum absolute atomic E-state index is 11.0. The van der Waals surface area contributed by atoms with Crippen LogP contribution in [-0.4, -0.2) is 24.1 Å². The first-order valence-corrected chi connectivity index (χ1v) is 8.51. The highest BCUT2D eigenvalue weighted by Crippen LogP contribution is 2.28. The molecular formula is C17H30O2S. The first-order chi connectivity index (χ1) is 9.30. The molecule has 0 N–H and O–H groups in total. The van der Waals surface area contributed by atoms with E-state index in [1.165, 1.54) is 32.4 Å². The molecule has 0 aliphatic rings. The topological polar surface area (TPSA) is 26.3 Å². The summed E-state index contributed by atoms with van der Waals surface area (Å²) in [5.41, 5.74) is 0.938. The van der Waals surface area contributed by atoms with Crippen molar-refractivity contribution >= 4 is 17.7 Å². The summed E-state index contributed by atoms with van der Waals surface area (Å²) in [5.74, 6) is 0.398. The SMILES string of the molecule is COC(=O)/C=C(C)/C=C/CC(C)CCCC(C)(C)SC. The lowest BCUT2D eigenvalue weighted by Crippen LogP contribution is -2.13. The van der Waals surface area contributed by atoms with Crippen molar-refractivity contribution in [2.75, 3.05) is 13.4 Å². The largest absolute Gasteiger partial charge is 0.466 e. The smallest absolute Gasteiger partial charge is 0.330 e. The van der Waals surface area contributed by atoms with Crippen molar-refractivity contribution in [2.45, 2.75) is 58.1 Å². The highest BCUT2D eigenvalue weighted by atomic mass is 32.2. The molecule has 2 nitrogen and oxygen atoms in total. The zero-order valence-electron chi connectivity index (χ0n) is 13.9. The van der Waals surface area contributed by atoms with E-state index < -0.39 is 0 Å². The average Bonchev–Trinajstić information content (AvgIpc) is 2.38. The highest BCUT2D eigenvalue weighted by Gasteiger charge is 2.15. The van der Waals surface area contributed by atoms with E-state index in [4.69, 9.17) is 0 Å². The van der Waals surface area contributed by atoms with E-state index in [-0.39, 0.29) is 5.97 Å². The van der Waals surface area contributed by atoms with E-state index in [0.29, 0.717) is 10.7 Å². The van der Waals surface area contributed by atoms with E-state index in [1.807, 2.05) is 24.8 Å². The van der Waals surface area contributed by atoms with Crippen LogP contribution in [-0.2, 0) is 9.53 Å². The summed E-state index contributed by atoms with van der Waals surface area (Å²) in [5, 5.41) is 0. The quantitative estimate of drug-likeness (QED) is 0.340. The molecule has 0 radical (unpaired) electrons. The Morgan fingerprint density at radius 3 is 2.60 bits per heavy atom. The lowest BCUT2D eigenvalue weighted by atomic mass is 9.96. The van der Waals surface area contributed by atoms with Gasteiger partial charge in [0.2, 0.25) is 0 Å². The van der Waals surface area contributed by atoms with Crippen molar-refractivity contribution < 1.29 is 9.53 Å². The van der Waals surface area contributed by atoms with E-state index in [2.05, 4.69) is 37.8 Å². The zero-order chi connectivity index (χ0) is 15.6. The summed E-state index contributed by atoms with van der Waals surface area (Å²) in [6.07, 6.45) is 12.7. The van der Waals surface area contributed by atoms with Crippen LogP contribution in [0.3, 0.4) is 0 Å². The fourth-order valence-electron chi connectivity index (χ4n) is 1.88. The molecule has 0 aromatic rings. The Hall–Kier alpha value is -0.700.